The third-order valence-corrected chi connectivity index (χ3v) is 8.35. The number of aryl methyl sites for hydroxylation is 4. The molecule has 0 unspecified atom stereocenters. The summed E-state index contributed by atoms with van der Waals surface area (Å²) in [5, 5.41) is 16.8. The zero-order valence-corrected chi connectivity index (χ0v) is 23.4. The summed E-state index contributed by atoms with van der Waals surface area (Å²) in [6.45, 7) is 8.51. The van der Waals surface area contributed by atoms with Gasteiger partial charge in [0.2, 0.25) is 10.6 Å². The Bertz CT molecular complexity index is 1620. The van der Waals surface area contributed by atoms with Crippen molar-refractivity contribution in [3.05, 3.63) is 76.5 Å². The Labute approximate surface area is 229 Å². The minimum atomic E-state index is -0.407. The summed E-state index contributed by atoms with van der Waals surface area (Å²) in [7, 11) is 0. The van der Waals surface area contributed by atoms with Gasteiger partial charge in [0.25, 0.3) is 5.69 Å². The summed E-state index contributed by atoms with van der Waals surface area (Å²) < 4.78 is 0. The van der Waals surface area contributed by atoms with E-state index in [0.29, 0.717) is 17.5 Å². The van der Waals surface area contributed by atoms with E-state index < -0.39 is 4.92 Å². The molecular weight excluding hydrogens is 563 g/mol. The second-order valence-corrected chi connectivity index (χ2v) is 11.3. The quantitative estimate of drug-likeness (QED) is 0.0989. The smallest absolute Gasteiger partial charge is 0.269 e. The van der Waals surface area contributed by atoms with Crippen LogP contribution in [0.4, 0.5) is 11.5 Å². The molecule has 13 heteroatoms. The predicted octanol–water partition coefficient (Wildman–Crippen LogP) is 8.10. The van der Waals surface area contributed by atoms with Crippen LogP contribution < -0.4 is 5.32 Å². The first-order valence-electron chi connectivity index (χ1n) is 10.5. The van der Waals surface area contributed by atoms with Crippen molar-refractivity contribution in [3.8, 4) is 0 Å². The van der Waals surface area contributed by atoms with Gasteiger partial charge in [0.05, 0.1) is 15.7 Å². The highest BCUT2D eigenvalue weighted by Crippen LogP contribution is 2.35. The molecule has 0 aliphatic rings. The van der Waals surface area contributed by atoms with Gasteiger partial charge in [-0.1, -0.05) is 23.7 Å². The molecule has 0 aliphatic heterocycles. The van der Waals surface area contributed by atoms with Crippen molar-refractivity contribution in [1.29, 1.82) is 0 Å². The van der Waals surface area contributed by atoms with Gasteiger partial charge >= 0.3 is 0 Å². The fraction of sp³-hybridized carbons (Fsp3) is 0.217. The Kier molecular flexibility index (Phi) is 7.91. The van der Waals surface area contributed by atoms with Crippen LogP contribution in [0.1, 0.15) is 26.4 Å². The Morgan fingerprint density at radius 1 is 0.889 bits per heavy atom. The molecule has 8 nitrogen and oxygen atoms in total. The molecule has 0 aliphatic carbocycles. The molecule has 0 fully saturated rings. The molecular formula is C23H19Cl3N6O2S2. The first-order chi connectivity index (χ1) is 17.0. The number of nitro groups is 1. The number of non-ortho nitro benzene ring substituents is 1. The summed E-state index contributed by atoms with van der Waals surface area (Å²) >= 11 is 20.8. The minimum absolute atomic E-state index is 0.0673. The highest BCUT2D eigenvalue weighted by molar-refractivity contribution is 7.19. The van der Waals surface area contributed by atoms with Crippen LogP contribution in [-0.2, 0) is 6.54 Å². The van der Waals surface area contributed by atoms with E-state index in [1.807, 2.05) is 33.8 Å². The van der Waals surface area contributed by atoms with Gasteiger partial charge < -0.3 is 5.32 Å². The van der Waals surface area contributed by atoms with E-state index in [1.54, 1.807) is 34.8 Å². The van der Waals surface area contributed by atoms with Crippen molar-refractivity contribution in [2.24, 2.45) is 0 Å². The Morgan fingerprint density at radius 3 is 2.11 bits per heavy atom. The van der Waals surface area contributed by atoms with E-state index in [2.05, 4.69) is 25.3 Å². The molecule has 0 radical (unpaired) electrons. The van der Waals surface area contributed by atoms with E-state index in [4.69, 9.17) is 34.8 Å². The Hall–Kier alpha value is -2.63. The topological polar surface area (TPSA) is 107 Å². The molecule has 0 amide bonds. The summed E-state index contributed by atoms with van der Waals surface area (Å²) in [6, 6.07) is 6.50. The van der Waals surface area contributed by atoms with Crippen LogP contribution in [0.5, 0.6) is 0 Å². The van der Waals surface area contributed by atoms with Crippen LogP contribution in [0.2, 0.25) is 15.7 Å². The largest absolute Gasteiger partial charge is 0.365 e. The standard InChI is InChI=1S/C15H13ClN4O2S.C8H6Cl2N2S/c1-8-9(2)23-14-12(8)13(18-15(16)19-14)17-7-10-4-3-5-11(6-10)20(21)22;1-3-4(2)13-7-5(3)6(9)11-8(10)12-7/h3-6H,7H2,1-2H3,(H,17,18,19);1-2H3. The number of thiophene rings is 2. The van der Waals surface area contributed by atoms with Gasteiger partial charge in [0.1, 0.15) is 20.6 Å². The SMILES string of the molecule is Cc1sc2nc(Cl)nc(Cl)c2c1C.Cc1sc2nc(Cl)nc(NCc3cccc([N+](=O)[O-])c3)c2c1C. The van der Waals surface area contributed by atoms with Crippen molar-refractivity contribution in [3.63, 3.8) is 0 Å². The Morgan fingerprint density at radius 2 is 1.47 bits per heavy atom. The monoisotopic (exact) mass is 580 g/mol. The van der Waals surface area contributed by atoms with E-state index in [1.165, 1.54) is 10.9 Å². The number of hydrogen-bond acceptors (Lipinski definition) is 9. The number of aromatic nitrogens is 4. The normalized spacial score (nSPS) is 11.0. The number of nitro benzene ring substituents is 1. The molecule has 0 bridgehead atoms. The first-order valence-corrected chi connectivity index (χ1v) is 13.3. The molecule has 1 aromatic carbocycles. The van der Waals surface area contributed by atoms with Crippen LogP contribution >= 0.6 is 57.5 Å². The fourth-order valence-electron chi connectivity index (χ4n) is 3.49. The number of fused-ring (bicyclic) bond motifs is 2. The van der Waals surface area contributed by atoms with E-state index in [-0.39, 0.29) is 16.3 Å². The summed E-state index contributed by atoms with van der Waals surface area (Å²) in [4.78, 5) is 31.0. The van der Waals surface area contributed by atoms with Gasteiger partial charge in [-0.2, -0.15) is 0 Å². The van der Waals surface area contributed by atoms with Crippen LogP contribution in [0.15, 0.2) is 24.3 Å². The summed E-state index contributed by atoms with van der Waals surface area (Å²) in [6.07, 6.45) is 0. The van der Waals surface area contributed by atoms with Gasteiger partial charge in [-0.05, 0) is 67.6 Å². The van der Waals surface area contributed by atoms with Crippen molar-refractivity contribution in [1.82, 2.24) is 19.9 Å². The second kappa shape index (κ2) is 10.8. The lowest BCUT2D eigenvalue weighted by molar-refractivity contribution is -0.384. The number of anilines is 1. The number of nitrogens with one attached hydrogen (secondary N) is 1. The summed E-state index contributed by atoms with van der Waals surface area (Å²) in [5.41, 5.74) is 3.12. The fourth-order valence-corrected chi connectivity index (χ4v) is 6.40. The van der Waals surface area contributed by atoms with Crippen molar-refractivity contribution >= 4 is 89.4 Å². The molecule has 186 valence electrons. The van der Waals surface area contributed by atoms with E-state index >= 15 is 0 Å². The molecule has 4 aromatic heterocycles. The van der Waals surface area contributed by atoms with E-state index in [9.17, 15) is 10.1 Å². The zero-order chi connectivity index (χ0) is 26.1. The highest BCUT2D eigenvalue weighted by atomic mass is 35.5. The molecule has 4 heterocycles. The molecule has 5 rings (SSSR count). The minimum Gasteiger partial charge on any atom is -0.365 e. The van der Waals surface area contributed by atoms with E-state index in [0.717, 1.165) is 42.0 Å². The second-order valence-electron chi connectivity index (χ2n) is 7.83. The van der Waals surface area contributed by atoms with Crippen LogP contribution in [0, 0.1) is 37.8 Å². The maximum atomic E-state index is 10.8. The first kappa shape index (κ1) is 26.4. The van der Waals surface area contributed by atoms with Gasteiger partial charge in [-0.3, -0.25) is 10.1 Å². The lowest BCUT2D eigenvalue weighted by atomic mass is 10.2. The molecule has 0 atom stereocenters. The maximum absolute atomic E-state index is 10.8. The number of nitrogens with zero attached hydrogens (tertiary/aromatic N) is 5. The lowest BCUT2D eigenvalue weighted by Crippen LogP contribution is -2.03. The van der Waals surface area contributed by atoms with Gasteiger partial charge in [0.15, 0.2) is 0 Å². The van der Waals surface area contributed by atoms with Crippen molar-refractivity contribution in [2.75, 3.05) is 5.32 Å². The predicted molar refractivity (Wildman–Crippen MR) is 149 cm³/mol. The number of hydrogen-bond donors (Lipinski definition) is 1. The average molecular weight is 582 g/mol. The van der Waals surface area contributed by atoms with Crippen molar-refractivity contribution < 1.29 is 4.92 Å². The molecule has 1 N–H and O–H groups in total. The van der Waals surface area contributed by atoms with Crippen molar-refractivity contribution in [2.45, 2.75) is 34.2 Å². The lowest BCUT2D eigenvalue weighted by Gasteiger charge is -2.08. The maximum Gasteiger partial charge on any atom is 0.269 e. The molecule has 0 spiro atoms. The Balaban J connectivity index is 0.000000197. The highest BCUT2D eigenvalue weighted by Gasteiger charge is 2.15. The number of halogens is 3. The van der Waals surface area contributed by atoms with Crippen LogP contribution in [0.25, 0.3) is 20.4 Å². The average Bonchev–Trinajstić information content (AvgIpc) is 3.26. The third kappa shape index (κ3) is 5.52. The zero-order valence-electron chi connectivity index (χ0n) is 19.5. The number of benzene rings is 1. The molecule has 0 saturated heterocycles. The summed E-state index contributed by atoms with van der Waals surface area (Å²) in [5.74, 6) is 0.647. The van der Waals surface area contributed by atoms with Gasteiger partial charge in [0, 0.05) is 28.4 Å². The van der Waals surface area contributed by atoms with Gasteiger partial charge in [-0.15, -0.1) is 22.7 Å². The third-order valence-electron chi connectivity index (χ3n) is 5.54. The molecule has 0 saturated carbocycles. The van der Waals surface area contributed by atoms with Crippen LogP contribution in [-0.4, -0.2) is 24.9 Å². The van der Waals surface area contributed by atoms with Gasteiger partial charge in [-0.25, -0.2) is 19.9 Å². The number of rotatable bonds is 4. The molecule has 36 heavy (non-hydrogen) atoms. The molecule has 5 aromatic rings. The van der Waals surface area contributed by atoms with Crippen LogP contribution in [0.3, 0.4) is 0 Å².